The number of rotatable bonds is 8. The van der Waals surface area contributed by atoms with Crippen LogP contribution in [0.1, 0.15) is 37.5 Å². The van der Waals surface area contributed by atoms with Crippen LogP contribution in [0.3, 0.4) is 0 Å². The Bertz CT molecular complexity index is 1520. The van der Waals surface area contributed by atoms with Crippen LogP contribution in [-0.2, 0) is 12.8 Å². The van der Waals surface area contributed by atoms with Crippen molar-refractivity contribution in [3.8, 4) is 17.5 Å². The van der Waals surface area contributed by atoms with Crippen molar-refractivity contribution in [2.45, 2.75) is 52.3 Å². The highest BCUT2D eigenvalue weighted by Crippen LogP contribution is 2.40. The molecule has 1 aliphatic carbocycles. The molecule has 1 aliphatic rings. The Balaban J connectivity index is 1.84. The fourth-order valence-corrected chi connectivity index (χ4v) is 4.71. The number of alkyl halides is 5. The Labute approximate surface area is 228 Å². The molecule has 2 unspecified atom stereocenters. The van der Waals surface area contributed by atoms with Gasteiger partial charge in [0.1, 0.15) is 17.9 Å². The van der Waals surface area contributed by atoms with Crippen molar-refractivity contribution in [1.29, 1.82) is 5.26 Å². The molecule has 0 fully saturated rings. The van der Waals surface area contributed by atoms with E-state index in [9.17, 15) is 31.6 Å². The number of allylic oxidation sites excluding steroid dienone is 6. The van der Waals surface area contributed by atoms with E-state index in [0.717, 1.165) is 24.3 Å². The second-order valence-corrected chi connectivity index (χ2v) is 9.85. The van der Waals surface area contributed by atoms with Gasteiger partial charge in [0.15, 0.2) is 0 Å². The summed E-state index contributed by atoms with van der Waals surface area (Å²) in [5, 5.41) is 12.9. The summed E-state index contributed by atoms with van der Waals surface area (Å²) < 4.78 is 81.5. The summed E-state index contributed by atoms with van der Waals surface area (Å²) in [6.45, 7) is 5.06. The summed E-state index contributed by atoms with van der Waals surface area (Å²) in [5.41, 5.74) is 3.59. The molecule has 0 amide bonds. The highest BCUT2D eigenvalue weighted by Gasteiger charge is 2.35. The van der Waals surface area contributed by atoms with Crippen molar-refractivity contribution >= 4 is 16.6 Å². The molecule has 4 rings (SSSR count). The maximum absolute atomic E-state index is 14.9. The molecule has 0 saturated carbocycles. The van der Waals surface area contributed by atoms with E-state index >= 15 is 0 Å². The fourth-order valence-electron chi connectivity index (χ4n) is 4.71. The largest absolute Gasteiger partial charge is 0.403 e. The van der Waals surface area contributed by atoms with E-state index in [4.69, 9.17) is 0 Å². The highest BCUT2D eigenvalue weighted by atomic mass is 19.4. The van der Waals surface area contributed by atoms with Gasteiger partial charge in [-0.25, -0.2) is 13.2 Å². The van der Waals surface area contributed by atoms with Gasteiger partial charge in [-0.15, -0.1) is 0 Å². The van der Waals surface area contributed by atoms with Crippen molar-refractivity contribution in [2.75, 3.05) is 6.54 Å². The van der Waals surface area contributed by atoms with E-state index < -0.39 is 30.9 Å². The van der Waals surface area contributed by atoms with Gasteiger partial charge >= 0.3 is 6.18 Å². The smallest absolute Gasteiger partial charge is 0.310 e. The van der Waals surface area contributed by atoms with Gasteiger partial charge in [0, 0.05) is 29.6 Å². The molecule has 1 aromatic carbocycles. The number of fused-ring (bicyclic) bond motifs is 1. The van der Waals surface area contributed by atoms with Crippen LogP contribution in [0.15, 0.2) is 60.3 Å². The quantitative estimate of drug-likeness (QED) is 0.290. The molecule has 210 valence electrons. The molecule has 3 aromatic rings. The van der Waals surface area contributed by atoms with Crippen LogP contribution >= 0.6 is 0 Å². The fraction of sp³-hybridized carbons (Fsp3) is 0.333. The number of aromatic nitrogens is 2. The molecule has 2 heterocycles. The summed E-state index contributed by atoms with van der Waals surface area (Å²) in [6.07, 6.45) is 1.47. The second kappa shape index (κ2) is 11.7. The van der Waals surface area contributed by atoms with Gasteiger partial charge in [0.25, 0.3) is 0 Å². The molecular weight excluding hydrogens is 530 g/mol. The first kappa shape index (κ1) is 29.2. The van der Waals surface area contributed by atoms with Crippen LogP contribution < -0.4 is 5.32 Å². The number of nitrogens with one attached hydrogen (secondary N) is 1. The average Bonchev–Trinajstić information content (AvgIpc) is 3.10. The number of halogens is 6. The lowest BCUT2D eigenvalue weighted by molar-refractivity contribution is -0.151. The van der Waals surface area contributed by atoms with Crippen molar-refractivity contribution in [1.82, 2.24) is 14.9 Å². The molecule has 0 bridgehead atoms. The zero-order chi connectivity index (χ0) is 29.2. The monoisotopic (exact) mass is 558 g/mol. The van der Waals surface area contributed by atoms with Crippen LogP contribution in [0.2, 0.25) is 0 Å². The number of hydrogen-bond donors (Lipinski definition) is 1. The van der Waals surface area contributed by atoms with Crippen molar-refractivity contribution in [3.63, 3.8) is 0 Å². The van der Waals surface area contributed by atoms with E-state index in [1.54, 1.807) is 16.7 Å². The van der Waals surface area contributed by atoms with E-state index in [1.165, 1.54) is 12.3 Å². The Morgan fingerprint density at radius 3 is 2.50 bits per heavy atom. The summed E-state index contributed by atoms with van der Waals surface area (Å²) in [7, 11) is 0. The molecule has 0 radical (unpaired) electrons. The van der Waals surface area contributed by atoms with E-state index in [2.05, 4.69) is 16.4 Å². The third kappa shape index (κ3) is 5.99. The molecule has 10 heteroatoms. The minimum atomic E-state index is -4.34. The normalized spacial score (nSPS) is 16.6. The second-order valence-electron chi connectivity index (χ2n) is 9.85. The van der Waals surface area contributed by atoms with E-state index in [-0.39, 0.29) is 29.0 Å². The van der Waals surface area contributed by atoms with Gasteiger partial charge in [-0.3, -0.25) is 4.98 Å². The van der Waals surface area contributed by atoms with Gasteiger partial charge in [0.05, 0.1) is 22.5 Å². The molecule has 2 atom stereocenters. The first-order chi connectivity index (χ1) is 18.9. The number of hydrogen-bond acceptors (Lipinski definition) is 3. The zero-order valence-corrected chi connectivity index (χ0v) is 22.2. The van der Waals surface area contributed by atoms with Crippen molar-refractivity contribution in [2.24, 2.45) is 5.92 Å². The maximum Gasteiger partial charge on any atom is 0.403 e. The summed E-state index contributed by atoms with van der Waals surface area (Å²) in [5.74, 6) is -0.962. The van der Waals surface area contributed by atoms with Crippen LogP contribution in [-0.4, -0.2) is 34.7 Å². The van der Waals surface area contributed by atoms with Gasteiger partial charge in [-0.1, -0.05) is 36.8 Å². The first-order valence-electron chi connectivity index (χ1n) is 12.8. The Hall–Kier alpha value is -3.84. The number of benzene rings is 1. The standard InChI is InChI=1S/C30H28F6N4/c1-17-6-4-5-7-26(18(17)2)40-27-12-21(13-28(32)33)24(31)14-22(27)23(15-37)29(40)25-9-8-20(16-39-25)10-11-38-19(3)30(34,35)36/h4-9,12,14,16,18-19,28,38H,10-11,13H2,1-3H3. The molecular formula is C30H28F6N4. The number of pyridine rings is 1. The molecule has 0 aliphatic heterocycles. The maximum atomic E-state index is 14.9. The summed E-state index contributed by atoms with van der Waals surface area (Å²) >= 11 is 0. The minimum Gasteiger partial charge on any atom is -0.310 e. The first-order valence-corrected chi connectivity index (χ1v) is 12.8. The molecule has 2 aromatic heterocycles. The van der Waals surface area contributed by atoms with Crippen molar-refractivity contribution < 1.29 is 26.3 Å². The Morgan fingerprint density at radius 2 is 1.88 bits per heavy atom. The lowest BCUT2D eigenvalue weighted by Gasteiger charge is -2.21. The summed E-state index contributed by atoms with van der Waals surface area (Å²) in [4.78, 5) is 4.52. The third-order valence-corrected chi connectivity index (χ3v) is 7.17. The number of nitriles is 1. The Kier molecular flexibility index (Phi) is 8.54. The molecule has 4 nitrogen and oxygen atoms in total. The minimum absolute atomic E-state index is 0.0833. The van der Waals surface area contributed by atoms with Crippen LogP contribution in [0, 0.1) is 23.1 Å². The topological polar surface area (TPSA) is 53.6 Å². The van der Waals surface area contributed by atoms with Crippen LogP contribution in [0.25, 0.3) is 28.0 Å². The third-order valence-electron chi connectivity index (χ3n) is 7.17. The lowest BCUT2D eigenvalue weighted by atomic mass is 9.98. The molecule has 0 saturated heterocycles. The van der Waals surface area contributed by atoms with Gasteiger partial charge in [-0.05, 0) is 62.2 Å². The highest BCUT2D eigenvalue weighted by molar-refractivity contribution is 5.97. The van der Waals surface area contributed by atoms with E-state index in [0.29, 0.717) is 28.9 Å². The van der Waals surface area contributed by atoms with Gasteiger partial charge < -0.3 is 9.88 Å². The zero-order valence-electron chi connectivity index (χ0n) is 22.2. The van der Waals surface area contributed by atoms with Gasteiger partial charge in [0.2, 0.25) is 6.43 Å². The Morgan fingerprint density at radius 1 is 1.15 bits per heavy atom. The number of nitrogens with zero attached hydrogens (tertiary/aromatic N) is 3. The van der Waals surface area contributed by atoms with Crippen LogP contribution in [0.5, 0.6) is 0 Å². The lowest BCUT2D eigenvalue weighted by Crippen LogP contribution is -2.40. The van der Waals surface area contributed by atoms with Gasteiger partial charge in [-0.2, -0.15) is 18.4 Å². The molecule has 1 N–H and O–H groups in total. The van der Waals surface area contributed by atoms with Crippen molar-refractivity contribution in [3.05, 3.63) is 82.8 Å². The predicted octanol–water partition coefficient (Wildman–Crippen LogP) is 7.60. The van der Waals surface area contributed by atoms with E-state index in [1.807, 2.05) is 38.2 Å². The summed E-state index contributed by atoms with van der Waals surface area (Å²) in [6, 6.07) is 6.36. The average molecular weight is 559 g/mol. The van der Waals surface area contributed by atoms with Crippen LogP contribution in [0.4, 0.5) is 26.3 Å². The molecule has 0 spiro atoms. The predicted molar refractivity (Wildman–Crippen MR) is 143 cm³/mol. The SMILES string of the molecule is CC1=CC=CC=C(n2c(-c3ccc(CCNC(C)C(F)(F)F)cn3)c(C#N)c3cc(F)c(CC(F)F)cc32)C1C. The molecule has 40 heavy (non-hydrogen) atoms.